The first-order chi connectivity index (χ1) is 14.1. The number of rotatable bonds is 5. The third-order valence-corrected chi connectivity index (χ3v) is 4.80. The average molecular weight is 425 g/mol. The van der Waals surface area contributed by atoms with Gasteiger partial charge in [-0.25, -0.2) is 4.79 Å². The van der Waals surface area contributed by atoms with Crippen LogP contribution in [0.4, 0.5) is 18.0 Å². The van der Waals surface area contributed by atoms with Crippen molar-refractivity contribution in [3.8, 4) is 11.5 Å². The minimum atomic E-state index is -5.35. The quantitative estimate of drug-likeness (QED) is 0.634. The molecule has 2 amide bonds. The third-order valence-electron chi connectivity index (χ3n) is 4.80. The number of methoxy groups -OCH3 is 2. The second-order valence-corrected chi connectivity index (χ2v) is 6.54. The summed E-state index contributed by atoms with van der Waals surface area (Å²) in [6, 6.07) is 3.95. The lowest BCUT2D eigenvalue weighted by Gasteiger charge is -2.45. The van der Waals surface area contributed by atoms with E-state index in [2.05, 4.69) is 10.3 Å². The average Bonchev–Trinajstić information content (AvgIpc) is 2.72. The smallest absolute Gasteiger partial charge is 0.437 e. The van der Waals surface area contributed by atoms with Crippen LogP contribution in [0.1, 0.15) is 22.0 Å². The summed E-state index contributed by atoms with van der Waals surface area (Å²) < 4.78 is 51.9. The number of hydrogen-bond acceptors (Lipinski definition) is 6. The Morgan fingerprint density at radius 2 is 1.90 bits per heavy atom. The SMILES string of the molecule is COc1ccc([C@@H]2NC(=O)N[C@@](O)(C(F)(F)F)[C@H]2C(=O)c2cccnc2)cc1OC. The molecule has 2 aromatic rings. The van der Waals surface area contributed by atoms with Crippen LogP contribution in [0.3, 0.4) is 0 Å². The highest BCUT2D eigenvalue weighted by atomic mass is 19.4. The van der Waals surface area contributed by atoms with Crippen LogP contribution in [0.5, 0.6) is 11.5 Å². The van der Waals surface area contributed by atoms with Gasteiger partial charge in [0.05, 0.1) is 20.3 Å². The van der Waals surface area contributed by atoms with Gasteiger partial charge in [-0.15, -0.1) is 0 Å². The van der Waals surface area contributed by atoms with Gasteiger partial charge in [0, 0.05) is 18.0 Å². The van der Waals surface area contributed by atoms with E-state index < -0.39 is 35.7 Å². The normalized spacial score (nSPS) is 23.9. The molecule has 1 aromatic heterocycles. The number of ketones is 1. The number of urea groups is 1. The summed E-state index contributed by atoms with van der Waals surface area (Å²) in [6.45, 7) is 0. The molecule has 2 heterocycles. The Morgan fingerprint density at radius 3 is 2.47 bits per heavy atom. The fourth-order valence-corrected chi connectivity index (χ4v) is 3.35. The number of pyridine rings is 1. The van der Waals surface area contributed by atoms with Gasteiger partial charge in [0.1, 0.15) is 5.92 Å². The first kappa shape index (κ1) is 21.4. The van der Waals surface area contributed by atoms with E-state index >= 15 is 0 Å². The molecule has 0 unspecified atom stereocenters. The maximum atomic E-state index is 13.9. The van der Waals surface area contributed by atoms with Crippen molar-refractivity contribution in [2.45, 2.75) is 17.9 Å². The molecular formula is C19H18F3N3O5. The van der Waals surface area contributed by atoms with Gasteiger partial charge in [0.2, 0.25) is 5.72 Å². The molecule has 3 atom stereocenters. The Morgan fingerprint density at radius 1 is 1.20 bits per heavy atom. The number of carbonyl (C=O) groups excluding carboxylic acids is 2. The van der Waals surface area contributed by atoms with E-state index in [0.717, 1.165) is 6.20 Å². The molecule has 1 aliphatic heterocycles. The molecule has 0 aliphatic carbocycles. The number of alkyl halides is 3. The summed E-state index contributed by atoms with van der Waals surface area (Å²) >= 11 is 0. The zero-order valence-corrected chi connectivity index (χ0v) is 15.9. The zero-order chi connectivity index (χ0) is 22.1. The molecule has 0 bridgehead atoms. The van der Waals surface area contributed by atoms with Crippen molar-refractivity contribution in [1.82, 2.24) is 15.6 Å². The highest BCUT2D eigenvalue weighted by Gasteiger charge is 2.66. The van der Waals surface area contributed by atoms with Crippen molar-refractivity contribution in [3.63, 3.8) is 0 Å². The fraction of sp³-hybridized carbons (Fsp3) is 0.316. The number of carbonyl (C=O) groups is 2. The molecule has 160 valence electrons. The molecular weight excluding hydrogens is 407 g/mol. The number of aliphatic hydroxyl groups is 1. The van der Waals surface area contributed by atoms with Crippen LogP contribution in [0.25, 0.3) is 0 Å². The number of benzene rings is 1. The summed E-state index contributed by atoms with van der Waals surface area (Å²) in [4.78, 5) is 28.9. The van der Waals surface area contributed by atoms with Crippen molar-refractivity contribution in [3.05, 3.63) is 53.9 Å². The highest BCUT2D eigenvalue weighted by Crippen LogP contribution is 2.45. The Labute approximate surface area is 169 Å². The summed E-state index contributed by atoms with van der Waals surface area (Å²) in [5.41, 5.74) is -3.87. The van der Waals surface area contributed by atoms with Gasteiger partial charge >= 0.3 is 12.2 Å². The Kier molecular flexibility index (Phi) is 5.57. The fourth-order valence-electron chi connectivity index (χ4n) is 3.35. The molecule has 1 fully saturated rings. The topological polar surface area (TPSA) is 110 Å². The van der Waals surface area contributed by atoms with Crippen LogP contribution in [-0.2, 0) is 0 Å². The summed E-state index contributed by atoms with van der Waals surface area (Å²) in [7, 11) is 2.70. The van der Waals surface area contributed by atoms with Crippen LogP contribution in [0, 0.1) is 5.92 Å². The number of nitrogens with zero attached hydrogens (tertiary/aromatic N) is 1. The molecule has 0 saturated carbocycles. The summed E-state index contributed by atoms with van der Waals surface area (Å²) in [5.74, 6) is -2.75. The van der Waals surface area contributed by atoms with Crippen molar-refractivity contribution >= 4 is 11.8 Å². The Hall–Kier alpha value is -3.34. The lowest BCUT2D eigenvalue weighted by Crippen LogP contribution is -2.72. The molecule has 8 nitrogen and oxygen atoms in total. The van der Waals surface area contributed by atoms with E-state index in [1.54, 1.807) is 0 Å². The number of Topliss-reactive ketones (excluding diaryl/α,β-unsaturated/α-hetero) is 1. The maximum Gasteiger partial charge on any atom is 0.437 e. The molecule has 3 N–H and O–H groups in total. The molecule has 1 saturated heterocycles. The molecule has 1 aliphatic rings. The standard InChI is InChI=1S/C19H18F3N3O5/c1-29-12-6-5-10(8-13(12)30-2)15-14(16(26)11-4-3-7-23-9-11)18(28,19(20,21)22)25-17(27)24-15/h3-9,14-15,28H,1-2H3,(H2,24,25,27)/t14-,15+,18+/m1/s1. The van der Waals surface area contributed by atoms with Crippen LogP contribution in [0.2, 0.25) is 0 Å². The third kappa shape index (κ3) is 3.63. The van der Waals surface area contributed by atoms with E-state index in [1.807, 2.05) is 0 Å². The lowest BCUT2D eigenvalue weighted by molar-refractivity contribution is -0.287. The first-order valence-electron chi connectivity index (χ1n) is 8.66. The Bertz CT molecular complexity index is 954. The summed E-state index contributed by atoms with van der Waals surface area (Å²) in [5, 5.41) is 14.3. The maximum absolute atomic E-state index is 13.9. The van der Waals surface area contributed by atoms with Gasteiger partial charge in [-0.1, -0.05) is 6.07 Å². The van der Waals surface area contributed by atoms with Crippen LogP contribution >= 0.6 is 0 Å². The second-order valence-electron chi connectivity index (χ2n) is 6.54. The van der Waals surface area contributed by atoms with Crippen molar-refractivity contribution in [2.75, 3.05) is 14.2 Å². The van der Waals surface area contributed by atoms with Gasteiger partial charge in [-0.05, 0) is 29.8 Å². The zero-order valence-electron chi connectivity index (χ0n) is 15.9. The highest BCUT2D eigenvalue weighted by molar-refractivity contribution is 6.00. The predicted octanol–water partition coefficient (Wildman–Crippen LogP) is 2.20. The van der Waals surface area contributed by atoms with Gasteiger partial charge in [-0.2, -0.15) is 13.2 Å². The number of ether oxygens (including phenoxy) is 2. The molecule has 11 heteroatoms. The minimum absolute atomic E-state index is 0.104. The van der Waals surface area contributed by atoms with Crippen LogP contribution in [0.15, 0.2) is 42.7 Å². The monoisotopic (exact) mass is 425 g/mol. The molecule has 30 heavy (non-hydrogen) atoms. The number of halogens is 3. The van der Waals surface area contributed by atoms with Crippen molar-refractivity contribution in [2.24, 2.45) is 5.92 Å². The van der Waals surface area contributed by atoms with E-state index in [1.165, 1.54) is 56.1 Å². The molecule has 3 rings (SSSR count). The van der Waals surface area contributed by atoms with Crippen molar-refractivity contribution in [1.29, 1.82) is 0 Å². The number of aromatic nitrogens is 1. The number of nitrogens with one attached hydrogen (secondary N) is 2. The largest absolute Gasteiger partial charge is 0.493 e. The van der Waals surface area contributed by atoms with Gasteiger partial charge in [-0.3, -0.25) is 9.78 Å². The van der Waals surface area contributed by atoms with Gasteiger partial charge in [0.15, 0.2) is 17.3 Å². The van der Waals surface area contributed by atoms with E-state index in [0.29, 0.717) is 5.75 Å². The van der Waals surface area contributed by atoms with E-state index in [-0.39, 0.29) is 16.9 Å². The molecule has 1 aromatic carbocycles. The second kappa shape index (κ2) is 7.82. The van der Waals surface area contributed by atoms with Crippen LogP contribution in [-0.4, -0.2) is 48.0 Å². The Balaban J connectivity index is 2.18. The molecule has 0 spiro atoms. The lowest BCUT2D eigenvalue weighted by atomic mass is 9.77. The first-order valence-corrected chi connectivity index (χ1v) is 8.66. The number of hydrogen-bond donors (Lipinski definition) is 3. The van der Waals surface area contributed by atoms with Crippen molar-refractivity contribution < 1.29 is 37.3 Å². The van der Waals surface area contributed by atoms with E-state index in [4.69, 9.17) is 9.47 Å². The molecule has 0 radical (unpaired) electrons. The summed E-state index contributed by atoms with van der Waals surface area (Å²) in [6.07, 6.45) is -2.91. The van der Waals surface area contributed by atoms with Gasteiger partial charge < -0.3 is 25.2 Å². The van der Waals surface area contributed by atoms with Crippen LogP contribution < -0.4 is 20.1 Å². The predicted molar refractivity (Wildman–Crippen MR) is 97.0 cm³/mol. The van der Waals surface area contributed by atoms with E-state index in [9.17, 15) is 27.9 Å². The number of amides is 2. The minimum Gasteiger partial charge on any atom is -0.493 e. The van der Waals surface area contributed by atoms with Gasteiger partial charge in [0.25, 0.3) is 0 Å².